The molecule has 20 heavy (non-hydrogen) atoms. The standard InChI is InChI=1S/C14H11N3O2S/c18-14-13(15-11-8-4-5-9-12(11)16-14)17-20(19)10-6-2-1-3-7-10/h1-9H,(H,15,17)(H,16,18). The Bertz CT molecular complexity index is 830. The summed E-state index contributed by atoms with van der Waals surface area (Å²) in [7, 11) is -1.52. The highest BCUT2D eigenvalue weighted by atomic mass is 32.2. The third-order valence-corrected chi connectivity index (χ3v) is 3.83. The number of hydrogen-bond acceptors (Lipinski definition) is 3. The van der Waals surface area contributed by atoms with E-state index in [0.717, 1.165) is 0 Å². The monoisotopic (exact) mass is 285 g/mol. The highest BCUT2D eigenvalue weighted by molar-refractivity contribution is 7.86. The molecule has 5 nitrogen and oxygen atoms in total. The fourth-order valence-corrected chi connectivity index (χ4v) is 2.63. The van der Waals surface area contributed by atoms with Gasteiger partial charge in [-0.15, -0.1) is 0 Å². The summed E-state index contributed by atoms with van der Waals surface area (Å²) < 4.78 is 14.7. The molecule has 0 radical (unpaired) electrons. The lowest BCUT2D eigenvalue weighted by molar-refractivity contribution is 0.686. The lowest BCUT2D eigenvalue weighted by Gasteiger charge is -2.05. The Hall–Kier alpha value is -2.47. The molecule has 3 aromatic rings. The van der Waals surface area contributed by atoms with Crippen molar-refractivity contribution >= 4 is 27.8 Å². The van der Waals surface area contributed by atoms with Gasteiger partial charge in [0, 0.05) is 0 Å². The molecule has 0 spiro atoms. The van der Waals surface area contributed by atoms with Gasteiger partial charge in [0.15, 0.2) is 11.0 Å². The van der Waals surface area contributed by atoms with E-state index < -0.39 is 16.5 Å². The fourth-order valence-electron chi connectivity index (χ4n) is 1.79. The number of aromatic amines is 1. The van der Waals surface area contributed by atoms with Gasteiger partial charge in [0.1, 0.15) is 0 Å². The van der Waals surface area contributed by atoms with Gasteiger partial charge in [-0.1, -0.05) is 30.3 Å². The van der Waals surface area contributed by atoms with Crippen LogP contribution in [0.3, 0.4) is 0 Å². The Balaban J connectivity index is 1.97. The van der Waals surface area contributed by atoms with Crippen LogP contribution < -0.4 is 10.3 Å². The van der Waals surface area contributed by atoms with Crippen molar-refractivity contribution in [2.45, 2.75) is 4.90 Å². The molecule has 100 valence electrons. The van der Waals surface area contributed by atoms with E-state index in [-0.39, 0.29) is 5.82 Å². The highest BCUT2D eigenvalue weighted by Gasteiger charge is 2.09. The Morgan fingerprint density at radius 1 is 1.00 bits per heavy atom. The number of hydrogen-bond donors (Lipinski definition) is 2. The van der Waals surface area contributed by atoms with E-state index in [1.54, 1.807) is 36.4 Å². The lowest BCUT2D eigenvalue weighted by atomic mass is 10.3. The second-order valence-corrected chi connectivity index (χ2v) is 5.33. The third kappa shape index (κ3) is 2.46. The summed E-state index contributed by atoms with van der Waals surface area (Å²) in [6.07, 6.45) is 0. The summed E-state index contributed by atoms with van der Waals surface area (Å²) in [6, 6.07) is 16.0. The normalized spacial score (nSPS) is 12.2. The first-order valence-electron chi connectivity index (χ1n) is 5.96. The number of fused-ring (bicyclic) bond motifs is 1. The van der Waals surface area contributed by atoms with Gasteiger partial charge in [-0.25, -0.2) is 9.19 Å². The number of benzene rings is 2. The molecular weight excluding hydrogens is 274 g/mol. The Morgan fingerprint density at radius 3 is 2.50 bits per heavy atom. The van der Waals surface area contributed by atoms with Crippen molar-refractivity contribution in [3.63, 3.8) is 0 Å². The van der Waals surface area contributed by atoms with Crippen molar-refractivity contribution in [3.05, 3.63) is 65.0 Å². The second-order valence-electron chi connectivity index (χ2n) is 4.12. The predicted molar refractivity (Wildman–Crippen MR) is 78.8 cm³/mol. The van der Waals surface area contributed by atoms with Gasteiger partial charge in [-0.3, -0.25) is 9.52 Å². The zero-order valence-corrected chi connectivity index (χ0v) is 11.2. The van der Waals surface area contributed by atoms with Crippen molar-refractivity contribution in [1.82, 2.24) is 9.97 Å². The number of nitrogens with one attached hydrogen (secondary N) is 2. The molecule has 1 aromatic heterocycles. The van der Waals surface area contributed by atoms with Gasteiger partial charge in [0.25, 0.3) is 5.56 Å². The molecule has 0 aliphatic rings. The van der Waals surface area contributed by atoms with Gasteiger partial charge < -0.3 is 4.98 Å². The molecule has 0 saturated carbocycles. The van der Waals surface area contributed by atoms with E-state index in [4.69, 9.17) is 0 Å². The maximum atomic E-state index is 12.1. The summed E-state index contributed by atoms with van der Waals surface area (Å²) in [5.74, 6) is 0.0471. The molecule has 0 fully saturated rings. The van der Waals surface area contributed by atoms with Gasteiger partial charge >= 0.3 is 0 Å². The van der Waals surface area contributed by atoms with Gasteiger partial charge in [0.2, 0.25) is 5.82 Å². The van der Waals surface area contributed by atoms with E-state index in [0.29, 0.717) is 15.9 Å². The number of anilines is 1. The van der Waals surface area contributed by atoms with Crippen molar-refractivity contribution in [3.8, 4) is 0 Å². The molecule has 0 saturated heterocycles. The van der Waals surface area contributed by atoms with Crippen molar-refractivity contribution < 1.29 is 4.21 Å². The Morgan fingerprint density at radius 2 is 1.70 bits per heavy atom. The molecule has 3 rings (SSSR count). The number of nitrogens with zero attached hydrogens (tertiary/aromatic N) is 1. The average molecular weight is 285 g/mol. The van der Waals surface area contributed by atoms with E-state index in [2.05, 4.69) is 14.7 Å². The summed E-state index contributed by atoms with van der Waals surface area (Å²) in [5, 5.41) is 0. The molecule has 0 aliphatic carbocycles. The van der Waals surface area contributed by atoms with Crippen LogP contribution in [0.1, 0.15) is 0 Å². The quantitative estimate of drug-likeness (QED) is 0.773. The predicted octanol–water partition coefficient (Wildman–Crippen LogP) is 2.06. The van der Waals surface area contributed by atoms with Crippen LogP contribution in [0.4, 0.5) is 5.82 Å². The van der Waals surface area contributed by atoms with Crippen LogP contribution in [0.5, 0.6) is 0 Å². The van der Waals surface area contributed by atoms with Gasteiger partial charge in [0.05, 0.1) is 15.9 Å². The number of rotatable bonds is 3. The largest absolute Gasteiger partial charge is 0.317 e. The molecule has 0 amide bonds. The van der Waals surface area contributed by atoms with E-state index >= 15 is 0 Å². The van der Waals surface area contributed by atoms with Crippen molar-refractivity contribution in [2.24, 2.45) is 0 Å². The topological polar surface area (TPSA) is 74.8 Å². The second kappa shape index (κ2) is 5.26. The maximum Gasteiger partial charge on any atom is 0.292 e. The number of H-pyrrole nitrogens is 1. The zero-order chi connectivity index (χ0) is 13.9. The first-order chi connectivity index (χ1) is 9.74. The summed E-state index contributed by atoms with van der Waals surface area (Å²) in [4.78, 5) is 19.4. The molecule has 1 atom stereocenters. The molecule has 2 aromatic carbocycles. The summed E-state index contributed by atoms with van der Waals surface area (Å²) in [6.45, 7) is 0. The first kappa shape index (κ1) is 12.6. The van der Waals surface area contributed by atoms with E-state index in [9.17, 15) is 9.00 Å². The molecular formula is C14H11N3O2S. The van der Waals surface area contributed by atoms with Crippen LogP contribution in [0.25, 0.3) is 11.0 Å². The Labute approximate surface area is 117 Å². The smallest absolute Gasteiger partial charge is 0.292 e. The molecule has 0 aliphatic heterocycles. The van der Waals surface area contributed by atoms with Crippen LogP contribution in [-0.4, -0.2) is 14.2 Å². The minimum atomic E-state index is -1.52. The fraction of sp³-hybridized carbons (Fsp3) is 0. The first-order valence-corrected chi connectivity index (χ1v) is 7.11. The minimum absolute atomic E-state index is 0.0471. The van der Waals surface area contributed by atoms with Crippen molar-refractivity contribution in [2.75, 3.05) is 4.72 Å². The molecule has 0 bridgehead atoms. The molecule has 1 heterocycles. The number of para-hydroxylation sites is 2. The van der Waals surface area contributed by atoms with Crippen LogP contribution in [-0.2, 0) is 11.0 Å². The molecule has 6 heteroatoms. The molecule has 1 unspecified atom stereocenters. The Kier molecular flexibility index (Phi) is 3.30. The van der Waals surface area contributed by atoms with E-state index in [1.807, 2.05) is 18.2 Å². The average Bonchev–Trinajstić information content (AvgIpc) is 2.49. The van der Waals surface area contributed by atoms with Crippen LogP contribution >= 0.6 is 0 Å². The number of aromatic nitrogens is 2. The van der Waals surface area contributed by atoms with Crippen molar-refractivity contribution in [1.29, 1.82) is 0 Å². The molecule has 2 N–H and O–H groups in total. The van der Waals surface area contributed by atoms with Crippen LogP contribution in [0.2, 0.25) is 0 Å². The maximum absolute atomic E-state index is 12.1. The minimum Gasteiger partial charge on any atom is -0.317 e. The third-order valence-electron chi connectivity index (χ3n) is 2.75. The highest BCUT2D eigenvalue weighted by Crippen LogP contribution is 2.11. The van der Waals surface area contributed by atoms with E-state index in [1.165, 1.54) is 0 Å². The van der Waals surface area contributed by atoms with Gasteiger partial charge in [-0.05, 0) is 24.3 Å². The zero-order valence-electron chi connectivity index (χ0n) is 10.4. The van der Waals surface area contributed by atoms with Crippen LogP contribution in [0.15, 0.2) is 64.3 Å². The summed E-state index contributed by atoms with van der Waals surface area (Å²) >= 11 is 0. The van der Waals surface area contributed by atoms with Gasteiger partial charge in [-0.2, -0.15) is 0 Å². The lowest BCUT2D eigenvalue weighted by Crippen LogP contribution is -2.18. The van der Waals surface area contributed by atoms with Crippen LogP contribution in [0, 0.1) is 0 Å². The SMILES string of the molecule is O=c1[nH]c2ccccc2nc1NS(=O)c1ccccc1. The summed E-state index contributed by atoms with van der Waals surface area (Å²) in [5.41, 5.74) is 0.890.